The van der Waals surface area contributed by atoms with Gasteiger partial charge in [-0.25, -0.2) is 0 Å². The molecule has 0 aromatic heterocycles. The largest absolute Gasteiger partial charge is 0.497 e. The number of nitrogens with zero attached hydrogens (tertiary/aromatic N) is 2. The Morgan fingerprint density at radius 2 is 1.67 bits per heavy atom. The Bertz CT molecular complexity index is 1250. The number of amides is 2. The van der Waals surface area contributed by atoms with Crippen LogP contribution in [0.1, 0.15) is 24.0 Å². The van der Waals surface area contributed by atoms with Gasteiger partial charge in [0.05, 0.1) is 12.8 Å². The minimum atomic E-state index is -0.322. The second-order valence-corrected chi connectivity index (χ2v) is 9.26. The molecule has 0 saturated carbocycles. The zero-order valence-corrected chi connectivity index (χ0v) is 20.4. The second-order valence-electron chi connectivity index (χ2n) is 9.26. The van der Waals surface area contributed by atoms with Gasteiger partial charge in [-0.3, -0.25) is 14.5 Å². The van der Waals surface area contributed by atoms with Crippen molar-refractivity contribution in [2.45, 2.75) is 19.3 Å². The highest BCUT2D eigenvalue weighted by Crippen LogP contribution is 2.36. The Morgan fingerprint density at radius 1 is 0.972 bits per heavy atom. The number of likely N-dealkylation sites (tertiary alicyclic amines) is 1. The van der Waals surface area contributed by atoms with Crippen molar-refractivity contribution in [1.29, 1.82) is 0 Å². The summed E-state index contributed by atoms with van der Waals surface area (Å²) in [6, 6.07) is 25.2. The molecule has 0 unspecified atom stereocenters. The summed E-state index contributed by atoms with van der Waals surface area (Å²) in [5.74, 6) is 1.69. The number of hydrogen-bond donors (Lipinski definition) is 0. The third-order valence-corrected chi connectivity index (χ3v) is 6.87. The highest BCUT2D eigenvalue weighted by molar-refractivity contribution is 6.12. The van der Waals surface area contributed by atoms with Gasteiger partial charge in [-0.15, -0.1) is 0 Å². The van der Waals surface area contributed by atoms with Gasteiger partial charge in [-0.1, -0.05) is 54.6 Å². The lowest BCUT2D eigenvalue weighted by atomic mass is 9.90. The lowest BCUT2D eigenvalue weighted by molar-refractivity contribution is -0.132. The zero-order chi connectivity index (χ0) is 24.9. The first kappa shape index (κ1) is 23.7. The van der Waals surface area contributed by atoms with Gasteiger partial charge in [-0.2, -0.15) is 0 Å². The molecule has 1 fully saturated rings. The maximum Gasteiger partial charge on any atom is 0.294 e. The minimum absolute atomic E-state index is 0.0114. The van der Waals surface area contributed by atoms with Gasteiger partial charge in [0, 0.05) is 13.1 Å². The van der Waals surface area contributed by atoms with Crippen molar-refractivity contribution in [3.05, 3.63) is 95.7 Å². The Hall–Kier alpha value is -4.06. The second kappa shape index (κ2) is 10.7. The molecule has 184 valence electrons. The van der Waals surface area contributed by atoms with Crippen LogP contribution in [0.25, 0.3) is 6.08 Å². The summed E-state index contributed by atoms with van der Waals surface area (Å²) in [5.41, 5.74) is 2.76. The smallest absolute Gasteiger partial charge is 0.294 e. The molecule has 0 spiro atoms. The van der Waals surface area contributed by atoms with E-state index in [9.17, 15) is 9.59 Å². The molecule has 1 saturated heterocycles. The average Bonchev–Trinajstić information content (AvgIpc) is 2.92. The van der Waals surface area contributed by atoms with Crippen LogP contribution in [0.4, 0.5) is 5.69 Å². The molecule has 36 heavy (non-hydrogen) atoms. The van der Waals surface area contributed by atoms with Gasteiger partial charge < -0.3 is 14.4 Å². The van der Waals surface area contributed by atoms with Gasteiger partial charge >= 0.3 is 0 Å². The van der Waals surface area contributed by atoms with E-state index in [0.29, 0.717) is 30.4 Å². The zero-order valence-electron chi connectivity index (χ0n) is 20.4. The van der Waals surface area contributed by atoms with Crippen molar-refractivity contribution >= 4 is 23.6 Å². The SMILES string of the molecule is COc1ccc(/C=C2\Oc3ccccc3N(CC(=O)N3CCC(Cc4ccccc4)CC3)C2=O)cc1. The molecule has 6 heteroatoms. The molecule has 2 aliphatic heterocycles. The molecule has 0 atom stereocenters. The van der Waals surface area contributed by atoms with Gasteiger partial charge in [0.2, 0.25) is 5.91 Å². The third kappa shape index (κ3) is 5.28. The van der Waals surface area contributed by atoms with Crippen molar-refractivity contribution in [3.8, 4) is 11.5 Å². The highest BCUT2D eigenvalue weighted by Gasteiger charge is 2.33. The number of carbonyl (C=O) groups is 2. The molecule has 3 aromatic carbocycles. The summed E-state index contributed by atoms with van der Waals surface area (Å²) in [7, 11) is 1.61. The lowest BCUT2D eigenvalue weighted by Crippen LogP contribution is -2.47. The molecule has 2 heterocycles. The quantitative estimate of drug-likeness (QED) is 0.467. The Morgan fingerprint density at radius 3 is 2.39 bits per heavy atom. The molecule has 5 rings (SSSR count). The van der Waals surface area contributed by atoms with E-state index < -0.39 is 0 Å². The number of hydrogen-bond acceptors (Lipinski definition) is 4. The first-order valence-electron chi connectivity index (χ1n) is 12.4. The summed E-state index contributed by atoms with van der Waals surface area (Å²) < 4.78 is 11.2. The van der Waals surface area contributed by atoms with E-state index in [1.54, 1.807) is 13.2 Å². The van der Waals surface area contributed by atoms with Crippen molar-refractivity contribution in [1.82, 2.24) is 4.90 Å². The number of piperidine rings is 1. The van der Waals surface area contributed by atoms with Crippen LogP contribution in [0.2, 0.25) is 0 Å². The normalized spacial score (nSPS) is 17.0. The maximum absolute atomic E-state index is 13.4. The van der Waals surface area contributed by atoms with Crippen molar-refractivity contribution in [2.75, 3.05) is 31.6 Å². The number of methoxy groups -OCH3 is 1. The molecule has 0 radical (unpaired) electrons. The average molecular weight is 483 g/mol. The Kier molecular flexibility index (Phi) is 7.03. The van der Waals surface area contributed by atoms with Crippen LogP contribution in [0.3, 0.4) is 0 Å². The number of para-hydroxylation sites is 2. The number of ether oxygens (including phenoxy) is 2. The van der Waals surface area contributed by atoms with Crippen molar-refractivity contribution < 1.29 is 19.1 Å². The first-order chi connectivity index (χ1) is 17.6. The monoisotopic (exact) mass is 482 g/mol. The fourth-order valence-corrected chi connectivity index (χ4v) is 4.84. The predicted octanol–water partition coefficient (Wildman–Crippen LogP) is 4.94. The Labute approximate surface area is 211 Å². The van der Waals surface area contributed by atoms with Gasteiger partial charge in [0.25, 0.3) is 5.91 Å². The summed E-state index contributed by atoms with van der Waals surface area (Å²) in [6.07, 6.45) is 4.68. The van der Waals surface area contributed by atoms with E-state index in [1.165, 1.54) is 10.5 Å². The molecule has 2 amide bonds. The van der Waals surface area contributed by atoms with E-state index in [4.69, 9.17) is 9.47 Å². The minimum Gasteiger partial charge on any atom is -0.497 e. The van der Waals surface area contributed by atoms with Crippen LogP contribution in [-0.4, -0.2) is 43.5 Å². The standard InChI is InChI=1S/C30H30N2O4/c1-35-25-13-11-23(12-14-25)20-28-30(34)32(26-9-5-6-10-27(26)36-28)21-29(33)31-17-15-24(16-18-31)19-22-7-3-2-4-8-22/h2-14,20,24H,15-19,21H2,1H3/b28-20-. The van der Waals surface area contributed by atoms with E-state index in [-0.39, 0.29) is 24.1 Å². The summed E-state index contributed by atoms with van der Waals surface area (Å²) in [4.78, 5) is 30.1. The Balaban J connectivity index is 1.28. The maximum atomic E-state index is 13.4. The summed E-state index contributed by atoms with van der Waals surface area (Å²) >= 11 is 0. The molecule has 0 bridgehead atoms. The molecule has 6 nitrogen and oxygen atoms in total. The van der Waals surface area contributed by atoms with E-state index >= 15 is 0 Å². The van der Waals surface area contributed by atoms with Crippen LogP contribution in [0.5, 0.6) is 11.5 Å². The van der Waals surface area contributed by atoms with Crippen LogP contribution in [-0.2, 0) is 16.0 Å². The van der Waals surface area contributed by atoms with E-state index in [1.807, 2.05) is 59.5 Å². The van der Waals surface area contributed by atoms with Gasteiger partial charge in [0.15, 0.2) is 11.5 Å². The lowest BCUT2D eigenvalue weighted by Gasteiger charge is -2.35. The fraction of sp³-hybridized carbons (Fsp3) is 0.267. The molecule has 0 N–H and O–H groups in total. The van der Waals surface area contributed by atoms with Crippen LogP contribution in [0.15, 0.2) is 84.6 Å². The number of benzene rings is 3. The predicted molar refractivity (Wildman–Crippen MR) is 140 cm³/mol. The number of rotatable bonds is 6. The molecular formula is C30H30N2O4. The van der Waals surface area contributed by atoms with Crippen LogP contribution >= 0.6 is 0 Å². The van der Waals surface area contributed by atoms with Crippen molar-refractivity contribution in [3.63, 3.8) is 0 Å². The van der Waals surface area contributed by atoms with E-state index in [0.717, 1.165) is 30.6 Å². The third-order valence-electron chi connectivity index (χ3n) is 6.87. The number of fused-ring (bicyclic) bond motifs is 1. The van der Waals surface area contributed by atoms with E-state index in [2.05, 4.69) is 24.3 Å². The van der Waals surface area contributed by atoms with Crippen molar-refractivity contribution in [2.24, 2.45) is 5.92 Å². The topological polar surface area (TPSA) is 59.1 Å². The summed E-state index contributed by atoms with van der Waals surface area (Å²) in [6.45, 7) is 1.42. The van der Waals surface area contributed by atoms with Gasteiger partial charge in [-0.05, 0) is 66.6 Å². The molecular weight excluding hydrogens is 452 g/mol. The number of anilines is 1. The highest BCUT2D eigenvalue weighted by atomic mass is 16.5. The number of carbonyl (C=O) groups excluding carboxylic acids is 2. The molecule has 3 aromatic rings. The first-order valence-corrected chi connectivity index (χ1v) is 12.4. The van der Waals surface area contributed by atoms with Gasteiger partial charge in [0.1, 0.15) is 12.3 Å². The summed E-state index contributed by atoms with van der Waals surface area (Å²) in [5, 5.41) is 0. The molecule has 0 aliphatic carbocycles. The van der Waals surface area contributed by atoms with Crippen LogP contribution < -0.4 is 14.4 Å². The fourth-order valence-electron chi connectivity index (χ4n) is 4.84. The van der Waals surface area contributed by atoms with Crippen LogP contribution in [0, 0.1) is 5.92 Å². The molecule has 2 aliphatic rings.